The van der Waals surface area contributed by atoms with Crippen molar-refractivity contribution < 1.29 is 33.6 Å². The van der Waals surface area contributed by atoms with E-state index in [1.54, 1.807) is 26.8 Å². The van der Waals surface area contributed by atoms with Gasteiger partial charge in [-0.1, -0.05) is 12.1 Å². The molecule has 1 aliphatic rings. The van der Waals surface area contributed by atoms with Crippen LogP contribution in [0.25, 0.3) is 0 Å². The van der Waals surface area contributed by atoms with E-state index in [1.165, 1.54) is 25.1 Å². The number of amides is 1. The van der Waals surface area contributed by atoms with Crippen molar-refractivity contribution in [2.24, 2.45) is 0 Å². The Balaban J connectivity index is 2.85. The predicted molar refractivity (Wildman–Crippen MR) is 106 cm³/mol. The predicted octanol–water partition coefficient (Wildman–Crippen LogP) is 2.90. The second-order valence-electron chi connectivity index (χ2n) is 7.22. The highest BCUT2D eigenvalue weighted by Gasteiger charge is 2.57. The number of benzene rings is 1. The molecule has 1 heterocycles. The van der Waals surface area contributed by atoms with E-state index in [9.17, 15) is 29.6 Å². The number of aliphatic carboxylic acids is 1. The lowest BCUT2D eigenvalue weighted by molar-refractivity contribution is -0.909. The maximum Gasteiger partial charge on any atom is 0.518 e. The Bertz CT molecular complexity index is 911. The first kappa shape index (κ1) is 23.0. The van der Waals surface area contributed by atoms with Crippen molar-refractivity contribution in [2.45, 2.75) is 46.3 Å². The second kappa shape index (κ2) is 9.04. The average molecular weight is 420 g/mol. The third-order valence-corrected chi connectivity index (χ3v) is 5.32. The van der Waals surface area contributed by atoms with Crippen molar-refractivity contribution in [3.8, 4) is 0 Å². The smallest absolute Gasteiger partial charge is 0.478 e. The first-order chi connectivity index (χ1) is 14.1. The first-order valence-corrected chi connectivity index (χ1v) is 9.55. The van der Waals surface area contributed by atoms with Crippen LogP contribution >= 0.6 is 0 Å². The molecule has 3 atom stereocenters. The number of nitro groups is 1. The molecule has 1 aliphatic heterocycles. The summed E-state index contributed by atoms with van der Waals surface area (Å²) in [7, 11) is 0. The van der Waals surface area contributed by atoms with Crippen molar-refractivity contribution in [1.82, 2.24) is 5.32 Å². The number of nitrogens with zero attached hydrogens (tertiary/aromatic N) is 2. The third-order valence-electron chi connectivity index (χ3n) is 5.32. The zero-order chi connectivity index (χ0) is 22.6. The summed E-state index contributed by atoms with van der Waals surface area (Å²) in [6.45, 7) is 6.31. The summed E-state index contributed by atoms with van der Waals surface area (Å²) in [4.78, 5) is 48.0. The molecule has 162 valence electrons. The van der Waals surface area contributed by atoms with Crippen LogP contribution in [0, 0.1) is 10.1 Å². The van der Waals surface area contributed by atoms with Gasteiger partial charge in [0.25, 0.3) is 5.69 Å². The Kier molecular flexibility index (Phi) is 6.93. The van der Waals surface area contributed by atoms with Gasteiger partial charge in [0.1, 0.15) is 11.4 Å². The van der Waals surface area contributed by atoms with Gasteiger partial charge in [0, 0.05) is 30.3 Å². The molecule has 1 aromatic carbocycles. The number of hydrogen-bond donors (Lipinski definition) is 2. The van der Waals surface area contributed by atoms with E-state index in [2.05, 4.69) is 5.32 Å². The number of non-ortho nitro benzene ring substituents is 1. The molecule has 30 heavy (non-hydrogen) atoms. The van der Waals surface area contributed by atoms with E-state index in [4.69, 9.17) is 4.74 Å². The van der Waals surface area contributed by atoms with E-state index in [1.807, 2.05) is 0 Å². The van der Waals surface area contributed by atoms with Crippen molar-refractivity contribution in [3.63, 3.8) is 0 Å². The van der Waals surface area contributed by atoms with E-state index < -0.39 is 33.7 Å². The summed E-state index contributed by atoms with van der Waals surface area (Å²) >= 11 is 0. The minimum atomic E-state index is -1.27. The molecule has 0 aliphatic carbocycles. The van der Waals surface area contributed by atoms with Crippen LogP contribution in [0.5, 0.6) is 0 Å². The quantitative estimate of drug-likeness (QED) is 0.390. The number of nitro benzene ring substituents is 1. The number of carboxylic acids is 1. The van der Waals surface area contributed by atoms with Gasteiger partial charge in [-0.3, -0.25) is 14.9 Å². The molecule has 10 nitrogen and oxygen atoms in total. The molecule has 3 unspecified atom stereocenters. The van der Waals surface area contributed by atoms with Crippen LogP contribution in [0.15, 0.2) is 35.5 Å². The molecule has 0 saturated heterocycles. The number of ether oxygens (including phenoxy) is 1. The number of carboxylic acid groups (broad SMARTS) is 1. The Morgan fingerprint density at radius 3 is 2.53 bits per heavy atom. The molecule has 0 saturated carbocycles. The van der Waals surface area contributed by atoms with Gasteiger partial charge in [0.2, 0.25) is 0 Å². The normalized spacial score (nSPS) is 23.5. The zero-order valence-electron chi connectivity index (χ0n) is 17.4. The van der Waals surface area contributed by atoms with Crippen molar-refractivity contribution in [2.75, 3.05) is 13.2 Å². The largest absolute Gasteiger partial charge is 0.518 e. The van der Waals surface area contributed by atoms with Crippen LogP contribution in [0.2, 0.25) is 0 Å². The number of carbonyl (C=O) groups is 3. The van der Waals surface area contributed by atoms with Crippen LogP contribution in [0.1, 0.15) is 45.7 Å². The second-order valence-corrected chi connectivity index (χ2v) is 7.22. The minimum Gasteiger partial charge on any atom is -0.478 e. The zero-order valence-corrected chi connectivity index (χ0v) is 17.4. The molecule has 1 aromatic rings. The Hall–Kier alpha value is -3.27. The molecule has 1 amide bonds. The fourth-order valence-corrected chi connectivity index (χ4v) is 3.95. The maximum atomic E-state index is 13.3. The fraction of sp³-hybridized carbons (Fsp3) is 0.450. The third kappa shape index (κ3) is 4.18. The summed E-state index contributed by atoms with van der Waals surface area (Å²) in [6.07, 6.45) is -1.35. The van der Waals surface area contributed by atoms with Crippen molar-refractivity contribution in [1.29, 1.82) is 0 Å². The molecule has 2 rings (SSSR count). The van der Waals surface area contributed by atoms with Gasteiger partial charge in [-0.2, -0.15) is 9.28 Å². The number of quaternary nitrogens is 1. The fourth-order valence-electron chi connectivity index (χ4n) is 3.95. The van der Waals surface area contributed by atoms with Gasteiger partial charge in [0.05, 0.1) is 24.5 Å². The van der Waals surface area contributed by atoms with Crippen LogP contribution < -0.4 is 5.32 Å². The molecular formula is C20H26N3O7+. The molecule has 0 bridgehead atoms. The molecule has 0 radical (unpaired) electrons. The average Bonchev–Trinajstić information content (AvgIpc) is 2.66. The molecule has 0 aromatic heterocycles. The van der Waals surface area contributed by atoms with E-state index in [0.717, 1.165) is 0 Å². The van der Waals surface area contributed by atoms with E-state index in [-0.39, 0.29) is 42.2 Å². The number of allylic oxidation sites excluding steroid dienone is 1. The lowest BCUT2D eigenvalue weighted by atomic mass is 9.89. The van der Waals surface area contributed by atoms with Crippen molar-refractivity contribution in [3.05, 3.63) is 51.2 Å². The molecule has 0 spiro atoms. The van der Waals surface area contributed by atoms with Gasteiger partial charge in [0.15, 0.2) is 12.2 Å². The summed E-state index contributed by atoms with van der Waals surface area (Å²) < 4.78 is 4.76. The van der Waals surface area contributed by atoms with Crippen LogP contribution in [0.3, 0.4) is 0 Å². The van der Waals surface area contributed by atoms with E-state index in [0.29, 0.717) is 5.70 Å². The van der Waals surface area contributed by atoms with Gasteiger partial charge >= 0.3 is 12.1 Å². The molecular weight excluding hydrogens is 394 g/mol. The minimum absolute atomic E-state index is 0.00219. The monoisotopic (exact) mass is 420 g/mol. The molecule has 0 fully saturated rings. The Morgan fingerprint density at radius 2 is 2.00 bits per heavy atom. The van der Waals surface area contributed by atoms with Gasteiger partial charge < -0.3 is 15.2 Å². The van der Waals surface area contributed by atoms with E-state index >= 15 is 0 Å². The Labute approximate surface area is 173 Å². The van der Waals surface area contributed by atoms with Gasteiger partial charge in [-0.05, 0) is 20.8 Å². The molecule has 2 N–H and O–H groups in total. The highest BCUT2D eigenvalue weighted by Crippen LogP contribution is 2.43. The number of nitrogens with one attached hydrogen (secondary N) is 1. The number of Topliss-reactive ketones (excluding diaryl/α,β-unsaturated/α-hetero) is 1. The summed E-state index contributed by atoms with van der Waals surface area (Å²) in [6, 6.07) is 4.45. The van der Waals surface area contributed by atoms with Gasteiger partial charge in [-0.25, -0.2) is 4.79 Å². The lowest BCUT2D eigenvalue weighted by Crippen LogP contribution is -2.68. The summed E-state index contributed by atoms with van der Waals surface area (Å²) in [5.74, 6) is -1.44. The number of rotatable bonds is 7. The highest BCUT2D eigenvalue weighted by molar-refractivity contribution is 5.89. The van der Waals surface area contributed by atoms with Crippen LogP contribution in [-0.2, 0) is 14.3 Å². The lowest BCUT2D eigenvalue weighted by Gasteiger charge is -2.48. The Morgan fingerprint density at radius 1 is 1.33 bits per heavy atom. The maximum absolute atomic E-state index is 13.3. The summed E-state index contributed by atoms with van der Waals surface area (Å²) in [5.41, 5.74) is 0.290. The van der Waals surface area contributed by atoms with Crippen LogP contribution in [-0.4, -0.2) is 51.7 Å². The number of ketones is 1. The summed E-state index contributed by atoms with van der Waals surface area (Å²) in [5, 5.41) is 24.3. The van der Waals surface area contributed by atoms with Crippen molar-refractivity contribution >= 4 is 23.5 Å². The number of carbonyl (C=O) groups excluding carboxylic acids is 2. The van der Waals surface area contributed by atoms with Gasteiger partial charge in [-0.15, -0.1) is 0 Å². The standard InChI is InChI=1S/C20H25N3O7/c1-5-30-20(27)23(10-9-12(2)24)14(4)21-13(3)17(19(25)26)18(23)15-7-6-8-16(11-15)22(28)29/h6-8,11,14,18,21H,5,9-10H2,1-4H3/p+1. The topological polar surface area (TPSA) is 136 Å². The van der Waals surface area contributed by atoms with Crippen LogP contribution in [0.4, 0.5) is 10.5 Å². The highest BCUT2D eigenvalue weighted by atomic mass is 16.6. The molecule has 10 heteroatoms. The SMILES string of the molecule is CCOC(=O)[N+]1(CCC(C)=O)C(C)NC(C)=C(C(=O)O)C1c1cccc([N+](=O)[O-])c1. The number of hydrogen-bond acceptors (Lipinski definition) is 7. The first-order valence-electron chi connectivity index (χ1n) is 9.55.